The van der Waals surface area contributed by atoms with Crippen molar-refractivity contribution in [3.63, 3.8) is 0 Å². The molecular formula is C16H27ClOSn. The van der Waals surface area contributed by atoms with Gasteiger partial charge in [-0.05, 0) is 0 Å². The van der Waals surface area contributed by atoms with Crippen molar-refractivity contribution in [1.29, 1.82) is 0 Å². The minimum atomic E-state index is -1.96. The van der Waals surface area contributed by atoms with Crippen LogP contribution in [-0.2, 0) is 4.79 Å². The number of halogens is 1. The number of ketones is 1. The van der Waals surface area contributed by atoms with Crippen molar-refractivity contribution in [2.24, 2.45) is 5.92 Å². The molecule has 0 aromatic rings. The van der Waals surface area contributed by atoms with Gasteiger partial charge in [0.25, 0.3) is 0 Å². The number of rotatable bonds is 6. The molecule has 0 aromatic heterocycles. The van der Waals surface area contributed by atoms with Crippen molar-refractivity contribution in [3.8, 4) is 0 Å². The topological polar surface area (TPSA) is 17.1 Å². The quantitative estimate of drug-likeness (QED) is 0.455. The summed E-state index contributed by atoms with van der Waals surface area (Å²) in [5.74, 6) is 1.66. The summed E-state index contributed by atoms with van der Waals surface area (Å²) in [7, 11) is 0. The van der Waals surface area contributed by atoms with Crippen LogP contribution in [-0.4, -0.2) is 30.0 Å². The second kappa shape index (κ2) is 7.87. The van der Waals surface area contributed by atoms with Crippen molar-refractivity contribution in [2.75, 3.05) is 5.88 Å². The Kier molecular flexibility index (Phi) is 7.16. The number of carbonyl (C=O) groups is 1. The molecule has 1 unspecified atom stereocenters. The van der Waals surface area contributed by atoms with Gasteiger partial charge in [0.05, 0.1) is 0 Å². The van der Waals surface area contributed by atoms with E-state index in [1.54, 1.807) is 3.59 Å². The van der Waals surface area contributed by atoms with Crippen LogP contribution >= 0.6 is 11.6 Å². The van der Waals surface area contributed by atoms with Crippen molar-refractivity contribution in [1.82, 2.24) is 0 Å². The first-order valence-corrected chi connectivity index (χ1v) is 17.8. The third kappa shape index (κ3) is 6.03. The summed E-state index contributed by atoms with van der Waals surface area (Å²) in [6.45, 7) is 1.95. The molecule has 0 aromatic carbocycles. The molecule has 0 saturated carbocycles. The zero-order valence-corrected chi connectivity index (χ0v) is 16.4. The number of Topliss-reactive ketones (excluding diaryl/α,β-unsaturated/α-hetero) is 1. The molecule has 1 rings (SSSR count). The van der Waals surface area contributed by atoms with Gasteiger partial charge in [-0.1, -0.05) is 0 Å². The van der Waals surface area contributed by atoms with Crippen LogP contribution in [0.3, 0.4) is 0 Å². The predicted octanol–water partition coefficient (Wildman–Crippen LogP) is 5.12. The number of hydrogen-bond acceptors (Lipinski definition) is 1. The van der Waals surface area contributed by atoms with Crippen LogP contribution in [0.5, 0.6) is 0 Å². The molecule has 0 bridgehead atoms. The number of carbonyl (C=O) groups excluding carboxylic acids is 1. The monoisotopic (exact) mass is 390 g/mol. The second-order valence-corrected chi connectivity index (χ2v) is 21.6. The van der Waals surface area contributed by atoms with Gasteiger partial charge in [-0.2, -0.15) is 0 Å². The predicted molar refractivity (Wildman–Crippen MR) is 87.5 cm³/mol. The Hall–Kier alpha value is 0.239. The molecule has 1 atom stereocenters. The van der Waals surface area contributed by atoms with Gasteiger partial charge in [-0.15, -0.1) is 0 Å². The van der Waals surface area contributed by atoms with E-state index in [2.05, 4.69) is 27.0 Å². The Bertz CT molecular complexity index is 377. The normalized spacial score (nSPS) is 21.5. The molecule has 19 heavy (non-hydrogen) atoms. The van der Waals surface area contributed by atoms with Crippen LogP contribution in [0.25, 0.3) is 0 Å². The molecule has 1 aliphatic carbocycles. The first kappa shape index (κ1) is 17.3. The minimum absolute atomic E-state index is 0.331. The zero-order chi connectivity index (χ0) is 14.5. The van der Waals surface area contributed by atoms with E-state index in [1.807, 2.05) is 6.92 Å². The number of allylic oxidation sites excluding steroid dienone is 4. The summed E-state index contributed by atoms with van der Waals surface area (Å²) in [5.41, 5.74) is 0.964. The van der Waals surface area contributed by atoms with Crippen LogP contribution in [0.2, 0.25) is 14.8 Å². The molecule has 3 heteroatoms. The summed E-state index contributed by atoms with van der Waals surface area (Å²) in [5, 5.41) is 0. The van der Waals surface area contributed by atoms with E-state index >= 15 is 0 Å². The Labute approximate surface area is 127 Å². The standard InChI is InChI=1S/C13H18ClO.3CH3.Sn/c1-11-10-12(7-8-13(11)15)6-4-2-3-5-9-14;;;;/h4,10,12H,3,5-9H2,1H3;3*1H3;. The second-order valence-electron chi connectivity index (χ2n) is 6.58. The molecular weight excluding hydrogens is 362 g/mol. The molecule has 0 N–H and O–H groups in total. The summed E-state index contributed by atoms with van der Waals surface area (Å²) in [6.07, 6.45) is 9.80. The van der Waals surface area contributed by atoms with Crippen LogP contribution in [0, 0.1) is 5.92 Å². The fourth-order valence-corrected chi connectivity index (χ4v) is 7.43. The maximum atomic E-state index is 11.5. The van der Waals surface area contributed by atoms with Gasteiger partial charge in [0.1, 0.15) is 0 Å². The third-order valence-electron chi connectivity index (χ3n) is 3.88. The molecule has 108 valence electrons. The Morgan fingerprint density at radius 3 is 2.68 bits per heavy atom. The first-order valence-electron chi connectivity index (χ1n) is 7.31. The van der Waals surface area contributed by atoms with E-state index in [-0.39, 0.29) is 0 Å². The van der Waals surface area contributed by atoms with E-state index < -0.39 is 18.4 Å². The fraction of sp³-hybridized carbons (Fsp3) is 0.688. The molecule has 0 amide bonds. The van der Waals surface area contributed by atoms with E-state index in [4.69, 9.17) is 11.6 Å². The Balaban J connectivity index is 2.68. The van der Waals surface area contributed by atoms with Crippen LogP contribution in [0.15, 0.2) is 21.3 Å². The van der Waals surface area contributed by atoms with Gasteiger partial charge in [-0.25, -0.2) is 0 Å². The van der Waals surface area contributed by atoms with Gasteiger partial charge in [0, 0.05) is 0 Å². The fourth-order valence-electron chi connectivity index (χ4n) is 2.56. The molecule has 0 spiro atoms. The number of hydrogen-bond donors (Lipinski definition) is 0. The molecule has 0 aliphatic heterocycles. The van der Waals surface area contributed by atoms with Crippen LogP contribution in [0.1, 0.15) is 39.0 Å². The van der Waals surface area contributed by atoms with E-state index in [0.29, 0.717) is 11.7 Å². The first-order chi connectivity index (χ1) is 8.84. The average molecular weight is 390 g/mol. The number of alkyl halides is 1. The van der Waals surface area contributed by atoms with Gasteiger partial charge in [-0.3, -0.25) is 0 Å². The van der Waals surface area contributed by atoms with E-state index in [1.165, 1.54) is 6.42 Å². The van der Waals surface area contributed by atoms with Crippen molar-refractivity contribution in [2.45, 2.75) is 53.8 Å². The van der Waals surface area contributed by atoms with Crippen LogP contribution < -0.4 is 0 Å². The van der Waals surface area contributed by atoms with Crippen molar-refractivity contribution in [3.05, 3.63) is 21.3 Å². The molecule has 0 radical (unpaired) electrons. The summed E-state index contributed by atoms with van der Waals surface area (Å²) < 4.78 is 1.71. The molecule has 0 heterocycles. The zero-order valence-electron chi connectivity index (χ0n) is 12.8. The Morgan fingerprint density at radius 1 is 1.47 bits per heavy atom. The van der Waals surface area contributed by atoms with Gasteiger partial charge >= 0.3 is 128 Å². The van der Waals surface area contributed by atoms with Crippen LogP contribution in [0.4, 0.5) is 0 Å². The van der Waals surface area contributed by atoms with E-state index in [9.17, 15) is 4.79 Å². The Morgan fingerprint density at radius 2 is 2.16 bits per heavy atom. The molecule has 1 nitrogen and oxygen atoms in total. The maximum absolute atomic E-state index is 11.5. The van der Waals surface area contributed by atoms with Gasteiger partial charge < -0.3 is 0 Å². The summed E-state index contributed by atoms with van der Waals surface area (Å²) in [4.78, 5) is 18.9. The SMILES string of the molecule is CC1=CC(C/C=[C](/CCCCl)[Sn]([CH3])([CH3])[CH3])CCC1=O. The molecule has 0 saturated heterocycles. The average Bonchev–Trinajstić information content (AvgIpc) is 2.32. The summed E-state index contributed by atoms with van der Waals surface area (Å²) in [6, 6.07) is 0. The van der Waals surface area contributed by atoms with E-state index in [0.717, 1.165) is 37.1 Å². The summed E-state index contributed by atoms with van der Waals surface area (Å²) >= 11 is 3.87. The van der Waals surface area contributed by atoms with Crippen molar-refractivity contribution >= 4 is 35.8 Å². The third-order valence-corrected chi connectivity index (χ3v) is 10.9. The van der Waals surface area contributed by atoms with Gasteiger partial charge in [0.2, 0.25) is 0 Å². The van der Waals surface area contributed by atoms with Crippen molar-refractivity contribution < 1.29 is 4.79 Å². The van der Waals surface area contributed by atoms with Gasteiger partial charge in [0.15, 0.2) is 0 Å². The molecule has 0 fully saturated rings. The molecule has 1 aliphatic rings.